The van der Waals surface area contributed by atoms with Crippen molar-refractivity contribution in [3.05, 3.63) is 30.1 Å². The number of β-amino-alcohol motifs (C(OH)–C–C–N with tert-alkyl or cyclic N) is 1. The number of carbonyl (C=O) groups excluding carboxylic acids is 1. The Balaban J connectivity index is 0.00000162. The van der Waals surface area contributed by atoms with Crippen molar-refractivity contribution in [3.8, 4) is 0 Å². The minimum absolute atomic E-state index is 0. The molecule has 1 aliphatic rings. The van der Waals surface area contributed by atoms with E-state index in [2.05, 4.69) is 4.98 Å². The van der Waals surface area contributed by atoms with Gasteiger partial charge in [-0.15, -0.1) is 12.4 Å². The van der Waals surface area contributed by atoms with Crippen molar-refractivity contribution in [1.82, 2.24) is 9.88 Å². The molecule has 0 bridgehead atoms. The largest absolute Gasteiger partial charge is 0.471 e. The van der Waals surface area contributed by atoms with Gasteiger partial charge in [-0.3, -0.25) is 9.78 Å². The Labute approximate surface area is 107 Å². The molecule has 1 aromatic rings. The van der Waals surface area contributed by atoms with Gasteiger partial charge in [-0.2, -0.15) is 13.2 Å². The Morgan fingerprint density at radius 1 is 1.39 bits per heavy atom. The summed E-state index contributed by atoms with van der Waals surface area (Å²) in [5, 5.41) is 9.94. The first kappa shape index (κ1) is 14.7. The summed E-state index contributed by atoms with van der Waals surface area (Å²) in [6, 6.07) is 4.76. The molecule has 0 atom stereocenters. The lowest BCUT2D eigenvalue weighted by molar-refractivity contribution is -0.204. The third-order valence-corrected chi connectivity index (χ3v) is 2.58. The molecule has 0 saturated carbocycles. The van der Waals surface area contributed by atoms with Crippen molar-refractivity contribution in [1.29, 1.82) is 0 Å². The molecule has 0 aromatic carbocycles. The molecule has 1 saturated heterocycles. The molecule has 18 heavy (non-hydrogen) atoms. The van der Waals surface area contributed by atoms with Gasteiger partial charge in [-0.05, 0) is 12.1 Å². The molecule has 1 amide bonds. The van der Waals surface area contributed by atoms with E-state index < -0.39 is 17.7 Å². The number of aliphatic hydroxyl groups is 1. The van der Waals surface area contributed by atoms with Crippen LogP contribution in [0.3, 0.4) is 0 Å². The zero-order valence-electron chi connectivity index (χ0n) is 9.02. The molecular weight excluding hydrogens is 273 g/mol. The molecular formula is C10H10ClF3N2O2. The Hall–Kier alpha value is -1.34. The van der Waals surface area contributed by atoms with Crippen LogP contribution in [0.2, 0.25) is 0 Å². The van der Waals surface area contributed by atoms with E-state index in [0.29, 0.717) is 4.90 Å². The quantitative estimate of drug-likeness (QED) is 0.839. The zero-order valence-corrected chi connectivity index (χ0v) is 9.83. The molecule has 2 rings (SSSR count). The molecule has 100 valence electrons. The summed E-state index contributed by atoms with van der Waals surface area (Å²) in [7, 11) is 0. The molecule has 0 radical (unpaired) electrons. The first-order valence-electron chi connectivity index (χ1n) is 4.83. The molecule has 1 N–H and O–H groups in total. The Morgan fingerprint density at radius 3 is 2.44 bits per heavy atom. The van der Waals surface area contributed by atoms with E-state index in [1.807, 2.05) is 0 Å². The lowest BCUT2D eigenvalue weighted by Gasteiger charge is -2.45. The molecule has 1 aliphatic heterocycles. The van der Waals surface area contributed by atoms with Gasteiger partial charge in [0.25, 0.3) is 0 Å². The molecule has 0 spiro atoms. The van der Waals surface area contributed by atoms with Crippen molar-refractivity contribution in [2.24, 2.45) is 0 Å². The van der Waals surface area contributed by atoms with E-state index in [1.165, 1.54) is 12.3 Å². The third kappa shape index (κ3) is 2.56. The van der Waals surface area contributed by atoms with Gasteiger partial charge in [0.05, 0.1) is 18.8 Å². The van der Waals surface area contributed by atoms with Crippen LogP contribution in [-0.4, -0.2) is 40.2 Å². The number of hydrogen-bond donors (Lipinski definition) is 1. The highest BCUT2D eigenvalue weighted by Crippen LogP contribution is 2.33. The third-order valence-electron chi connectivity index (χ3n) is 2.58. The van der Waals surface area contributed by atoms with Crippen LogP contribution >= 0.6 is 12.4 Å². The van der Waals surface area contributed by atoms with Crippen LogP contribution in [-0.2, 0) is 10.4 Å². The fraction of sp³-hybridized carbons (Fsp3) is 0.400. The number of amides is 1. The van der Waals surface area contributed by atoms with Gasteiger partial charge in [-0.25, -0.2) is 0 Å². The first-order valence-corrected chi connectivity index (χ1v) is 4.83. The number of carbonyl (C=O) groups is 1. The van der Waals surface area contributed by atoms with Crippen LogP contribution in [0.25, 0.3) is 0 Å². The maximum atomic E-state index is 12.1. The Kier molecular flexibility index (Phi) is 3.87. The highest BCUT2D eigenvalue weighted by molar-refractivity contribution is 5.85. The predicted molar refractivity (Wildman–Crippen MR) is 58.0 cm³/mol. The number of alkyl halides is 3. The summed E-state index contributed by atoms with van der Waals surface area (Å²) in [6.45, 7) is -0.773. The van der Waals surface area contributed by atoms with E-state index in [9.17, 15) is 23.1 Å². The second-order valence-electron chi connectivity index (χ2n) is 3.91. The number of aromatic nitrogens is 1. The lowest BCUT2D eigenvalue weighted by Crippen LogP contribution is -2.63. The molecule has 1 aromatic heterocycles. The highest BCUT2D eigenvalue weighted by Gasteiger charge is 2.53. The van der Waals surface area contributed by atoms with Crippen LogP contribution in [0.5, 0.6) is 0 Å². The van der Waals surface area contributed by atoms with Gasteiger partial charge in [0.2, 0.25) is 0 Å². The Bertz CT molecular complexity index is 432. The number of halogens is 4. The summed E-state index contributed by atoms with van der Waals surface area (Å²) in [5.41, 5.74) is -1.20. The molecule has 2 heterocycles. The van der Waals surface area contributed by atoms with E-state index in [0.717, 1.165) is 0 Å². The number of pyridine rings is 1. The number of nitrogens with zero attached hydrogens (tertiary/aromatic N) is 2. The van der Waals surface area contributed by atoms with Gasteiger partial charge in [0, 0.05) is 6.20 Å². The van der Waals surface area contributed by atoms with Crippen molar-refractivity contribution >= 4 is 18.3 Å². The maximum Gasteiger partial charge on any atom is 0.471 e. The van der Waals surface area contributed by atoms with Crippen LogP contribution in [0.1, 0.15) is 5.69 Å². The summed E-state index contributed by atoms with van der Waals surface area (Å²) < 4.78 is 36.3. The summed E-state index contributed by atoms with van der Waals surface area (Å²) in [4.78, 5) is 15.2. The summed E-state index contributed by atoms with van der Waals surface area (Å²) in [5.74, 6) is -1.93. The average molecular weight is 283 g/mol. The first-order chi connectivity index (χ1) is 7.83. The zero-order chi connectivity index (χ0) is 12.7. The van der Waals surface area contributed by atoms with Gasteiger partial charge in [-0.1, -0.05) is 6.07 Å². The minimum atomic E-state index is -4.90. The molecule has 0 aliphatic carbocycles. The van der Waals surface area contributed by atoms with Gasteiger partial charge in [0.15, 0.2) is 0 Å². The fourth-order valence-corrected chi connectivity index (χ4v) is 1.71. The van der Waals surface area contributed by atoms with Crippen LogP contribution in [0.15, 0.2) is 24.4 Å². The highest BCUT2D eigenvalue weighted by atomic mass is 35.5. The number of rotatable bonds is 1. The summed E-state index contributed by atoms with van der Waals surface area (Å²) >= 11 is 0. The second-order valence-corrected chi connectivity index (χ2v) is 3.91. The van der Waals surface area contributed by atoms with E-state index in [4.69, 9.17) is 0 Å². The predicted octanol–water partition coefficient (Wildman–Crippen LogP) is 1.10. The number of likely N-dealkylation sites (tertiary alicyclic amines) is 1. The topological polar surface area (TPSA) is 53.4 Å². The molecule has 1 fully saturated rings. The van der Waals surface area contributed by atoms with Crippen molar-refractivity contribution in [2.45, 2.75) is 11.8 Å². The van der Waals surface area contributed by atoms with Gasteiger partial charge < -0.3 is 10.0 Å². The normalized spacial score (nSPS) is 17.7. The average Bonchev–Trinajstić information content (AvgIpc) is 2.24. The van der Waals surface area contributed by atoms with Crippen LogP contribution < -0.4 is 0 Å². The molecule has 0 unspecified atom stereocenters. The van der Waals surface area contributed by atoms with E-state index in [-0.39, 0.29) is 31.2 Å². The van der Waals surface area contributed by atoms with Crippen LogP contribution in [0, 0.1) is 0 Å². The standard InChI is InChI=1S/C10H9F3N2O2.ClH/c11-10(12,13)8(16)15-5-9(17,6-15)7-3-1-2-4-14-7;/h1-4,17H,5-6H2;1H. The van der Waals surface area contributed by atoms with Gasteiger partial charge in [0.1, 0.15) is 5.60 Å². The van der Waals surface area contributed by atoms with Gasteiger partial charge >= 0.3 is 12.1 Å². The van der Waals surface area contributed by atoms with Crippen molar-refractivity contribution in [2.75, 3.05) is 13.1 Å². The summed E-state index contributed by atoms with van der Waals surface area (Å²) in [6.07, 6.45) is -3.47. The molecule has 8 heteroatoms. The minimum Gasteiger partial charge on any atom is -0.380 e. The van der Waals surface area contributed by atoms with Crippen molar-refractivity contribution < 1.29 is 23.1 Å². The molecule has 4 nitrogen and oxygen atoms in total. The second kappa shape index (κ2) is 4.74. The van der Waals surface area contributed by atoms with E-state index in [1.54, 1.807) is 12.1 Å². The fourth-order valence-electron chi connectivity index (χ4n) is 1.71. The van der Waals surface area contributed by atoms with E-state index >= 15 is 0 Å². The Morgan fingerprint density at radius 2 is 2.00 bits per heavy atom. The van der Waals surface area contributed by atoms with Crippen LogP contribution in [0.4, 0.5) is 13.2 Å². The lowest BCUT2D eigenvalue weighted by atomic mass is 9.90. The van der Waals surface area contributed by atoms with Crippen molar-refractivity contribution in [3.63, 3.8) is 0 Å². The SMILES string of the molecule is Cl.O=C(N1CC(O)(c2ccccn2)C1)C(F)(F)F. The maximum absolute atomic E-state index is 12.1. The monoisotopic (exact) mass is 282 g/mol. The number of hydrogen-bond acceptors (Lipinski definition) is 3. The smallest absolute Gasteiger partial charge is 0.380 e.